The maximum atomic E-state index is 10.3. The summed E-state index contributed by atoms with van der Waals surface area (Å²) < 4.78 is 12.6. The van der Waals surface area contributed by atoms with Crippen LogP contribution in [0.2, 0.25) is 0 Å². The first-order valence-electron chi connectivity index (χ1n) is 8.40. The van der Waals surface area contributed by atoms with Crippen LogP contribution in [0.3, 0.4) is 0 Å². The number of aliphatic hydroxyl groups excluding tert-OH is 3. The highest BCUT2D eigenvalue weighted by molar-refractivity contribution is 7.20. The molecule has 0 spiro atoms. The number of fused-ring (bicyclic) bond motifs is 1. The molecule has 6 nitrogen and oxygen atoms in total. The zero-order chi connectivity index (χ0) is 18.1. The third-order valence-electron chi connectivity index (χ3n) is 4.42. The summed E-state index contributed by atoms with van der Waals surface area (Å²) in [6.45, 7) is -0.206. The maximum Gasteiger partial charge on any atom is 0.279 e. The number of hydrogen-bond donors (Lipinski definition) is 3. The minimum absolute atomic E-state index is 0.204. The summed E-state index contributed by atoms with van der Waals surface area (Å²) >= 11 is 1.45. The van der Waals surface area contributed by atoms with Gasteiger partial charge in [0.05, 0.1) is 29.0 Å². The molecule has 3 N–H and O–H groups in total. The molecular formula is C19H19NO5S. The number of para-hydroxylation sites is 1. The van der Waals surface area contributed by atoms with Crippen LogP contribution in [0.5, 0.6) is 10.9 Å². The molecule has 4 atom stereocenters. The lowest BCUT2D eigenvalue weighted by atomic mass is 9.93. The van der Waals surface area contributed by atoms with Gasteiger partial charge in [0.25, 0.3) is 5.19 Å². The van der Waals surface area contributed by atoms with Gasteiger partial charge in [0.1, 0.15) is 18.0 Å². The minimum atomic E-state index is -1.06. The fraction of sp³-hybridized carbons (Fsp3) is 0.316. The predicted molar refractivity (Wildman–Crippen MR) is 97.5 cm³/mol. The van der Waals surface area contributed by atoms with E-state index in [0.29, 0.717) is 16.5 Å². The highest BCUT2D eigenvalue weighted by atomic mass is 32.1. The molecule has 136 valence electrons. The summed E-state index contributed by atoms with van der Waals surface area (Å²) in [6.07, 6.45) is -3.03. The van der Waals surface area contributed by atoms with E-state index in [1.807, 2.05) is 24.3 Å². The van der Waals surface area contributed by atoms with Gasteiger partial charge in [-0.1, -0.05) is 35.6 Å². The number of thiazole rings is 1. The smallest absolute Gasteiger partial charge is 0.279 e. The van der Waals surface area contributed by atoms with Gasteiger partial charge in [-0.2, -0.15) is 0 Å². The Balaban J connectivity index is 1.57. The zero-order valence-corrected chi connectivity index (χ0v) is 14.7. The van der Waals surface area contributed by atoms with E-state index in [1.54, 1.807) is 24.3 Å². The Morgan fingerprint density at radius 2 is 2.00 bits per heavy atom. The Morgan fingerprint density at radius 1 is 1.15 bits per heavy atom. The van der Waals surface area contributed by atoms with E-state index in [-0.39, 0.29) is 13.0 Å². The van der Waals surface area contributed by atoms with Crippen molar-refractivity contribution in [2.45, 2.75) is 30.8 Å². The summed E-state index contributed by atoms with van der Waals surface area (Å²) in [5.74, 6) is 0.568. The first-order chi connectivity index (χ1) is 12.6. The molecule has 1 aliphatic rings. The number of aromatic nitrogens is 1. The van der Waals surface area contributed by atoms with Gasteiger partial charge >= 0.3 is 0 Å². The Bertz CT molecular complexity index is 865. The Morgan fingerprint density at radius 3 is 2.81 bits per heavy atom. The average Bonchev–Trinajstić information content (AvgIpc) is 3.06. The van der Waals surface area contributed by atoms with E-state index in [9.17, 15) is 15.3 Å². The Hall–Kier alpha value is -2.03. The lowest BCUT2D eigenvalue weighted by Gasteiger charge is -2.36. The van der Waals surface area contributed by atoms with E-state index >= 15 is 0 Å². The van der Waals surface area contributed by atoms with Crippen molar-refractivity contribution < 1.29 is 24.8 Å². The first-order valence-corrected chi connectivity index (χ1v) is 9.21. The molecule has 7 heteroatoms. The van der Waals surface area contributed by atoms with Gasteiger partial charge in [-0.3, -0.25) is 0 Å². The number of ether oxygens (including phenoxy) is 2. The van der Waals surface area contributed by atoms with Crippen molar-refractivity contribution in [2.75, 3.05) is 6.61 Å². The molecule has 4 rings (SSSR count). The van der Waals surface area contributed by atoms with Gasteiger partial charge in [0.15, 0.2) is 0 Å². The van der Waals surface area contributed by atoms with Crippen LogP contribution < -0.4 is 4.74 Å². The van der Waals surface area contributed by atoms with Crippen molar-refractivity contribution >= 4 is 21.6 Å². The van der Waals surface area contributed by atoms with Crippen LogP contribution in [0.25, 0.3) is 10.2 Å². The van der Waals surface area contributed by atoms with Crippen molar-refractivity contribution in [3.8, 4) is 10.9 Å². The summed E-state index contributed by atoms with van der Waals surface area (Å²) in [6, 6.07) is 14.9. The second kappa shape index (κ2) is 7.30. The molecule has 0 bridgehead atoms. The fourth-order valence-corrected chi connectivity index (χ4v) is 3.93. The normalized spacial score (nSPS) is 26.1. The highest BCUT2D eigenvalue weighted by Gasteiger charge is 2.37. The number of rotatable bonds is 4. The van der Waals surface area contributed by atoms with Crippen LogP contribution in [0.15, 0.2) is 48.5 Å². The van der Waals surface area contributed by atoms with Crippen molar-refractivity contribution in [1.29, 1.82) is 0 Å². The molecule has 1 aromatic heterocycles. The summed E-state index contributed by atoms with van der Waals surface area (Å²) in [5.41, 5.74) is 1.55. The van der Waals surface area contributed by atoms with E-state index in [1.165, 1.54) is 11.3 Å². The van der Waals surface area contributed by atoms with Gasteiger partial charge < -0.3 is 24.8 Å². The molecule has 0 radical (unpaired) electrons. The average molecular weight is 373 g/mol. The molecule has 3 aromatic rings. The monoisotopic (exact) mass is 373 g/mol. The minimum Gasteiger partial charge on any atom is -0.431 e. The number of nitrogens with zero attached hydrogens (tertiary/aromatic N) is 1. The summed E-state index contributed by atoms with van der Waals surface area (Å²) in [4.78, 5) is 4.45. The number of benzene rings is 2. The first kappa shape index (κ1) is 17.4. The van der Waals surface area contributed by atoms with Crippen LogP contribution in [-0.4, -0.2) is 45.2 Å². The molecular weight excluding hydrogens is 354 g/mol. The molecule has 1 fully saturated rings. The van der Waals surface area contributed by atoms with Crippen LogP contribution in [0.4, 0.5) is 0 Å². The van der Waals surface area contributed by atoms with Crippen LogP contribution in [0, 0.1) is 0 Å². The number of hydrogen-bond acceptors (Lipinski definition) is 7. The quantitative estimate of drug-likeness (QED) is 0.651. The third-order valence-corrected chi connectivity index (χ3v) is 5.33. The van der Waals surface area contributed by atoms with Gasteiger partial charge in [0, 0.05) is 6.42 Å². The van der Waals surface area contributed by atoms with Crippen LogP contribution in [-0.2, 0) is 4.74 Å². The lowest BCUT2D eigenvalue weighted by molar-refractivity contribution is -0.179. The summed E-state index contributed by atoms with van der Waals surface area (Å²) in [5, 5.41) is 30.1. The van der Waals surface area contributed by atoms with Crippen molar-refractivity contribution in [3.05, 3.63) is 54.1 Å². The van der Waals surface area contributed by atoms with Crippen molar-refractivity contribution in [1.82, 2.24) is 4.98 Å². The second-order valence-electron chi connectivity index (χ2n) is 6.28. The van der Waals surface area contributed by atoms with E-state index in [2.05, 4.69) is 4.98 Å². The standard InChI is InChI=1S/C19H19NO5S/c21-10-13-9-15(22)17(23)18(24-13)11-4-3-5-12(8-11)25-19-20-14-6-1-2-7-16(14)26-19/h1-8,13,15,17-18,21-23H,9-10H2/t13-,15-,17-,18?/m0/s1. The Kier molecular flexibility index (Phi) is 4.88. The highest BCUT2D eigenvalue weighted by Crippen LogP contribution is 2.35. The summed E-state index contributed by atoms with van der Waals surface area (Å²) in [7, 11) is 0. The Labute approximate surface area is 154 Å². The maximum absolute atomic E-state index is 10.3. The number of aliphatic hydroxyl groups is 3. The van der Waals surface area contributed by atoms with Crippen molar-refractivity contribution in [3.63, 3.8) is 0 Å². The molecule has 1 aliphatic heterocycles. The topological polar surface area (TPSA) is 92.0 Å². The third kappa shape index (κ3) is 3.44. The molecule has 0 saturated carbocycles. The van der Waals surface area contributed by atoms with Gasteiger partial charge in [-0.15, -0.1) is 0 Å². The molecule has 2 aromatic carbocycles. The molecule has 1 unspecified atom stereocenters. The molecule has 26 heavy (non-hydrogen) atoms. The predicted octanol–water partition coefficient (Wildman–Crippen LogP) is 2.63. The van der Waals surface area contributed by atoms with Crippen LogP contribution >= 0.6 is 11.3 Å². The van der Waals surface area contributed by atoms with Crippen molar-refractivity contribution in [2.24, 2.45) is 0 Å². The largest absolute Gasteiger partial charge is 0.431 e. The molecule has 2 heterocycles. The second-order valence-corrected chi connectivity index (χ2v) is 7.27. The van der Waals surface area contributed by atoms with E-state index < -0.39 is 24.4 Å². The molecule has 1 saturated heterocycles. The van der Waals surface area contributed by atoms with Gasteiger partial charge in [0.2, 0.25) is 0 Å². The van der Waals surface area contributed by atoms with E-state index in [4.69, 9.17) is 9.47 Å². The van der Waals surface area contributed by atoms with Crippen LogP contribution in [0.1, 0.15) is 18.1 Å². The molecule has 0 aliphatic carbocycles. The zero-order valence-electron chi connectivity index (χ0n) is 13.9. The molecule has 0 amide bonds. The lowest BCUT2D eigenvalue weighted by Crippen LogP contribution is -2.44. The van der Waals surface area contributed by atoms with E-state index in [0.717, 1.165) is 10.2 Å². The van der Waals surface area contributed by atoms with Gasteiger partial charge in [-0.25, -0.2) is 4.98 Å². The van der Waals surface area contributed by atoms with Gasteiger partial charge in [-0.05, 0) is 29.8 Å². The SMILES string of the molecule is OC[C@@H]1C[C@H](O)[C@H](O)C(c2cccc(Oc3nc4ccccc4s3)c2)O1. The fourth-order valence-electron chi connectivity index (χ4n) is 3.10.